The molecule has 5 nitrogen and oxygen atoms in total. The third kappa shape index (κ3) is 3.09. The fourth-order valence-corrected chi connectivity index (χ4v) is 3.99. The van der Waals surface area contributed by atoms with Crippen LogP contribution in [0.4, 0.5) is 0 Å². The third-order valence-corrected chi connectivity index (χ3v) is 5.29. The van der Waals surface area contributed by atoms with Crippen molar-refractivity contribution in [3.05, 3.63) is 46.7 Å². The molecule has 0 radical (unpaired) electrons. The van der Waals surface area contributed by atoms with E-state index in [4.69, 9.17) is 9.72 Å². The second kappa shape index (κ2) is 7.01. The zero-order valence-corrected chi connectivity index (χ0v) is 14.7. The molecule has 1 aliphatic rings. The van der Waals surface area contributed by atoms with Gasteiger partial charge in [0.1, 0.15) is 16.9 Å². The van der Waals surface area contributed by atoms with Crippen LogP contribution in [0.2, 0.25) is 0 Å². The highest BCUT2D eigenvalue weighted by atomic mass is 32.1. The molecule has 3 aromatic rings. The van der Waals surface area contributed by atoms with Gasteiger partial charge in [-0.15, -0.1) is 11.3 Å². The summed E-state index contributed by atoms with van der Waals surface area (Å²) in [4.78, 5) is 11.7. The lowest BCUT2D eigenvalue weighted by Gasteiger charge is -2.31. The van der Waals surface area contributed by atoms with Crippen LogP contribution in [0.3, 0.4) is 0 Å². The van der Waals surface area contributed by atoms with E-state index >= 15 is 0 Å². The minimum atomic E-state index is 0.0859. The summed E-state index contributed by atoms with van der Waals surface area (Å²) < 4.78 is 8.27. The molecule has 0 N–H and O–H groups in total. The largest absolute Gasteiger partial charge is 0.368 e. The van der Waals surface area contributed by atoms with Crippen molar-refractivity contribution in [3.8, 4) is 0 Å². The summed E-state index contributed by atoms with van der Waals surface area (Å²) >= 11 is 1.67. The Hall–Kier alpha value is -1.76. The molecule has 0 aliphatic carbocycles. The van der Waals surface area contributed by atoms with Gasteiger partial charge in [0.15, 0.2) is 0 Å². The van der Waals surface area contributed by atoms with E-state index in [-0.39, 0.29) is 6.10 Å². The highest BCUT2D eigenvalue weighted by molar-refractivity contribution is 7.09. The number of hydrogen-bond donors (Lipinski definition) is 0. The topological polar surface area (TPSA) is 43.2 Å². The molecule has 1 aromatic carbocycles. The number of rotatable bonds is 5. The lowest BCUT2D eigenvalue weighted by Crippen LogP contribution is -2.38. The van der Waals surface area contributed by atoms with Gasteiger partial charge in [-0.05, 0) is 18.6 Å². The van der Waals surface area contributed by atoms with Crippen molar-refractivity contribution in [3.63, 3.8) is 0 Å². The normalized spacial score (nSPS) is 19.1. The number of para-hydroxylation sites is 2. The smallest absolute Gasteiger partial charge is 0.124 e. The molecule has 126 valence electrons. The number of fused-ring (bicyclic) bond motifs is 1. The van der Waals surface area contributed by atoms with Crippen molar-refractivity contribution in [2.24, 2.45) is 0 Å². The van der Waals surface area contributed by atoms with Crippen LogP contribution < -0.4 is 0 Å². The number of nitrogens with zero attached hydrogens (tertiary/aromatic N) is 4. The maximum atomic E-state index is 5.91. The van der Waals surface area contributed by atoms with Crippen LogP contribution in [0.15, 0.2) is 35.8 Å². The molecule has 24 heavy (non-hydrogen) atoms. The second-order valence-corrected chi connectivity index (χ2v) is 7.06. The molecule has 1 saturated heterocycles. The first kappa shape index (κ1) is 15.7. The monoisotopic (exact) mass is 342 g/mol. The predicted molar refractivity (Wildman–Crippen MR) is 96.1 cm³/mol. The molecular formula is C18H22N4OS. The number of benzene rings is 1. The molecular weight excluding hydrogens is 320 g/mol. The van der Waals surface area contributed by atoms with E-state index in [1.54, 1.807) is 11.3 Å². The highest BCUT2D eigenvalue weighted by Crippen LogP contribution is 2.25. The van der Waals surface area contributed by atoms with Crippen LogP contribution in [-0.4, -0.2) is 39.1 Å². The summed E-state index contributed by atoms with van der Waals surface area (Å²) in [6.45, 7) is 6.65. The molecule has 0 bridgehead atoms. The van der Waals surface area contributed by atoms with E-state index < -0.39 is 0 Å². The average Bonchev–Trinajstić information content (AvgIpc) is 3.25. The zero-order chi connectivity index (χ0) is 16.4. The summed E-state index contributed by atoms with van der Waals surface area (Å²) in [5, 5.41) is 3.08. The summed E-state index contributed by atoms with van der Waals surface area (Å²) in [5.74, 6) is 1.15. The van der Waals surface area contributed by atoms with Gasteiger partial charge in [0.25, 0.3) is 0 Å². The maximum absolute atomic E-state index is 5.91. The van der Waals surface area contributed by atoms with E-state index in [2.05, 4.69) is 45.6 Å². The Morgan fingerprint density at radius 1 is 1.33 bits per heavy atom. The number of aryl methyl sites for hydroxylation is 1. The van der Waals surface area contributed by atoms with Gasteiger partial charge in [0, 0.05) is 31.2 Å². The van der Waals surface area contributed by atoms with Crippen LogP contribution in [0.5, 0.6) is 0 Å². The van der Waals surface area contributed by atoms with Crippen molar-refractivity contribution >= 4 is 22.4 Å². The molecule has 3 heterocycles. The molecule has 1 fully saturated rings. The Morgan fingerprint density at radius 2 is 2.25 bits per heavy atom. The molecule has 2 aromatic heterocycles. The first-order chi connectivity index (χ1) is 11.8. The van der Waals surface area contributed by atoms with Crippen molar-refractivity contribution in [1.82, 2.24) is 19.4 Å². The van der Waals surface area contributed by atoms with E-state index in [0.717, 1.165) is 55.6 Å². The molecule has 1 unspecified atom stereocenters. The third-order valence-electron chi connectivity index (χ3n) is 4.42. The minimum Gasteiger partial charge on any atom is -0.368 e. The highest BCUT2D eigenvalue weighted by Gasteiger charge is 2.25. The first-order valence-corrected chi connectivity index (χ1v) is 9.40. The molecule has 0 saturated carbocycles. The minimum absolute atomic E-state index is 0.0859. The summed E-state index contributed by atoms with van der Waals surface area (Å²) in [6, 6.07) is 8.41. The quantitative estimate of drug-likeness (QED) is 0.712. The van der Waals surface area contributed by atoms with Gasteiger partial charge >= 0.3 is 0 Å². The van der Waals surface area contributed by atoms with Crippen molar-refractivity contribution in [2.75, 3.05) is 19.7 Å². The summed E-state index contributed by atoms with van der Waals surface area (Å²) in [6.07, 6.45) is 3.05. The van der Waals surface area contributed by atoms with Gasteiger partial charge in [-0.1, -0.05) is 19.1 Å². The van der Waals surface area contributed by atoms with Crippen LogP contribution in [0.1, 0.15) is 30.3 Å². The Kier molecular flexibility index (Phi) is 4.60. The molecule has 4 rings (SSSR count). The zero-order valence-electron chi connectivity index (χ0n) is 13.9. The Balaban J connectivity index is 1.56. The van der Waals surface area contributed by atoms with Crippen molar-refractivity contribution < 1.29 is 4.74 Å². The van der Waals surface area contributed by atoms with Gasteiger partial charge in [-0.3, -0.25) is 4.90 Å². The molecule has 0 spiro atoms. The fraction of sp³-hybridized carbons (Fsp3) is 0.444. The van der Waals surface area contributed by atoms with Crippen LogP contribution in [0, 0.1) is 0 Å². The first-order valence-electron chi connectivity index (χ1n) is 8.52. The van der Waals surface area contributed by atoms with Gasteiger partial charge in [-0.25, -0.2) is 9.97 Å². The van der Waals surface area contributed by atoms with Crippen LogP contribution >= 0.6 is 11.3 Å². The predicted octanol–water partition coefficient (Wildman–Crippen LogP) is 3.48. The Bertz CT molecular complexity index is 799. The SMILES string of the molecule is CCCn1c(CN2CCOC(c3nccs3)C2)nc2ccccc21. The summed E-state index contributed by atoms with van der Waals surface area (Å²) in [5.41, 5.74) is 2.32. The van der Waals surface area contributed by atoms with Gasteiger partial charge in [0.05, 0.1) is 24.2 Å². The molecule has 0 amide bonds. The van der Waals surface area contributed by atoms with E-state index in [1.807, 2.05) is 11.6 Å². The van der Waals surface area contributed by atoms with Crippen molar-refractivity contribution in [2.45, 2.75) is 32.5 Å². The number of imidazole rings is 1. The van der Waals surface area contributed by atoms with E-state index in [0.29, 0.717) is 0 Å². The lowest BCUT2D eigenvalue weighted by atomic mass is 10.2. The van der Waals surface area contributed by atoms with Gasteiger partial charge < -0.3 is 9.30 Å². The van der Waals surface area contributed by atoms with Gasteiger partial charge in [-0.2, -0.15) is 0 Å². The number of morpholine rings is 1. The number of ether oxygens (including phenoxy) is 1. The maximum Gasteiger partial charge on any atom is 0.124 e. The average molecular weight is 342 g/mol. The molecule has 1 atom stereocenters. The van der Waals surface area contributed by atoms with Crippen LogP contribution in [-0.2, 0) is 17.8 Å². The second-order valence-electron chi connectivity index (χ2n) is 6.13. The number of thiazole rings is 1. The van der Waals surface area contributed by atoms with E-state index in [1.165, 1.54) is 5.52 Å². The number of aromatic nitrogens is 3. The fourth-order valence-electron chi connectivity index (χ4n) is 3.31. The van der Waals surface area contributed by atoms with Crippen LogP contribution in [0.25, 0.3) is 11.0 Å². The Labute approximate surface area is 145 Å². The van der Waals surface area contributed by atoms with Gasteiger partial charge in [0.2, 0.25) is 0 Å². The summed E-state index contributed by atoms with van der Waals surface area (Å²) in [7, 11) is 0. The van der Waals surface area contributed by atoms with E-state index in [9.17, 15) is 0 Å². The standard InChI is InChI=1S/C18H22N4OS/c1-2-8-22-15-6-4-3-5-14(15)20-17(22)13-21-9-10-23-16(12-21)18-19-7-11-24-18/h3-7,11,16H,2,8-10,12-13H2,1H3. The number of hydrogen-bond acceptors (Lipinski definition) is 5. The lowest BCUT2D eigenvalue weighted by molar-refractivity contribution is -0.0339. The molecule has 1 aliphatic heterocycles. The molecule has 6 heteroatoms. The van der Waals surface area contributed by atoms with Crippen molar-refractivity contribution in [1.29, 1.82) is 0 Å². The Morgan fingerprint density at radius 3 is 3.08 bits per heavy atom.